The zero-order chi connectivity index (χ0) is 21.3. The topological polar surface area (TPSA) is 60.4 Å². The van der Waals surface area contributed by atoms with Crippen LogP contribution in [0.3, 0.4) is 0 Å². The van der Waals surface area contributed by atoms with Crippen LogP contribution in [0.4, 0.5) is 0 Å². The first-order valence-electron chi connectivity index (χ1n) is 10.9. The molecule has 1 heterocycles. The molecule has 0 bridgehead atoms. The van der Waals surface area contributed by atoms with Gasteiger partial charge in [-0.15, -0.1) is 24.0 Å². The van der Waals surface area contributed by atoms with E-state index in [-0.39, 0.29) is 24.0 Å². The Morgan fingerprint density at radius 3 is 2.48 bits per heavy atom. The maximum Gasteiger partial charge on any atom is 0.225 e. The van der Waals surface area contributed by atoms with E-state index in [1.54, 1.807) is 7.05 Å². The molecule has 1 aliphatic carbocycles. The lowest BCUT2D eigenvalue weighted by molar-refractivity contribution is -0.139. The van der Waals surface area contributed by atoms with Gasteiger partial charge in [0.15, 0.2) is 5.96 Å². The molecule has 9 heteroatoms. The Bertz CT molecular complexity index is 706. The molecule has 1 saturated carbocycles. The summed E-state index contributed by atoms with van der Waals surface area (Å²) in [6, 6.07) is 7.39. The van der Waals surface area contributed by atoms with Crippen LogP contribution < -0.4 is 10.1 Å². The number of aliphatic imine (C=N–C) groups is 1. The molecule has 0 spiro atoms. The fourth-order valence-corrected chi connectivity index (χ4v) is 3.88. The quantitative estimate of drug-likeness (QED) is 0.300. The number of amides is 1. The predicted molar refractivity (Wildman–Crippen MR) is 137 cm³/mol. The highest BCUT2D eigenvalue weighted by atomic mass is 127. The first-order valence-corrected chi connectivity index (χ1v) is 11.3. The fraction of sp³-hybridized carbons (Fsp3) is 0.636. The van der Waals surface area contributed by atoms with Crippen LogP contribution in [0.1, 0.15) is 19.3 Å². The molecule has 1 aromatic carbocycles. The summed E-state index contributed by atoms with van der Waals surface area (Å²) in [5, 5.41) is 4.13. The first-order chi connectivity index (χ1) is 14.6. The number of likely N-dealkylation sites (N-methyl/N-ethyl adjacent to an activating group) is 1. The van der Waals surface area contributed by atoms with E-state index in [9.17, 15) is 4.79 Å². The molecule has 174 valence electrons. The highest BCUT2D eigenvalue weighted by Crippen LogP contribution is 2.28. The minimum absolute atomic E-state index is 0. The average molecular weight is 564 g/mol. The van der Waals surface area contributed by atoms with Gasteiger partial charge in [-0.05, 0) is 37.1 Å². The van der Waals surface area contributed by atoms with Crippen molar-refractivity contribution in [2.45, 2.75) is 19.3 Å². The number of nitrogens with one attached hydrogen (secondary N) is 1. The highest BCUT2D eigenvalue weighted by molar-refractivity contribution is 14.0. The van der Waals surface area contributed by atoms with E-state index in [0.29, 0.717) is 23.5 Å². The van der Waals surface area contributed by atoms with Gasteiger partial charge in [0, 0.05) is 64.3 Å². The van der Waals surface area contributed by atoms with Gasteiger partial charge >= 0.3 is 0 Å². The van der Waals surface area contributed by atoms with E-state index in [2.05, 4.69) is 25.0 Å². The molecule has 1 amide bonds. The number of ether oxygens (including phenoxy) is 1. The second-order valence-corrected chi connectivity index (χ2v) is 8.43. The zero-order valence-corrected chi connectivity index (χ0v) is 21.6. The van der Waals surface area contributed by atoms with Crippen LogP contribution in [-0.2, 0) is 4.79 Å². The van der Waals surface area contributed by atoms with Gasteiger partial charge in [-0.3, -0.25) is 14.7 Å². The summed E-state index contributed by atoms with van der Waals surface area (Å²) < 4.78 is 5.76. The Labute approximate surface area is 208 Å². The van der Waals surface area contributed by atoms with E-state index in [1.165, 1.54) is 6.42 Å². The fourth-order valence-electron chi connectivity index (χ4n) is 3.75. The molecular formula is C22H35ClIN5O2. The molecule has 1 aliphatic heterocycles. The number of hydrogen-bond donors (Lipinski definition) is 1. The third-order valence-electron chi connectivity index (χ3n) is 5.93. The van der Waals surface area contributed by atoms with Crippen molar-refractivity contribution in [2.75, 3.05) is 66.5 Å². The van der Waals surface area contributed by atoms with Crippen molar-refractivity contribution in [3.8, 4) is 5.75 Å². The molecule has 31 heavy (non-hydrogen) atoms. The van der Waals surface area contributed by atoms with Crippen LogP contribution in [0.5, 0.6) is 5.75 Å². The smallest absolute Gasteiger partial charge is 0.225 e. The largest absolute Gasteiger partial charge is 0.492 e. The van der Waals surface area contributed by atoms with Gasteiger partial charge in [-0.1, -0.05) is 18.0 Å². The molecule has 3 rings (SSSR count). The second-order valence-electron chi connectivity index (χ2n) is 7.99. The second kappa shape index (κ2) is 13.3. The summed E-state index contributed by atoms with van der Waals surface area (Å²) in [5.74, 6) is 2.35. The van der Waals surface area contributed by atoms with Gasteiger partial charge in [0.25, 0.3) is 0 Å². The molecule has 0 unspecified atom stereocenters. The minimum Gasteiger partial charge on any atom is -0.492 e. The monoisotopic (exact) mass is 563 g/mol. The number of piperazine rings is 1. The number of hydrogen-bond acceptors (Lipinski definition) is 4. The lowest BCUT2D eigenvalue weighted by Crippen LogP contribution is -2.52. The molecule has 1 saturated heterocycles. The zero-order valence-electron chi connectivity index (χ0n) is 18.6. The van der Waals surface area contributed by atoms with E-state index in [1.807, 2.05) is 31.3 Å². The molecule has 0 radical (unpaired) electrons. The van der Waals surface area contributed by atoms with E-state index < -0.39 is 0 Å². The van der Waals surface area contributed by atoms with Crippen molar-refractivity contribution in [3.63, 3.8) is 0 Å². The Morgan fingerprint density at radius 2 is 1.90 bits per heavy atom. The number of carbonyl (C=O) groups is 1. The normalized spacial score (nSPS) is 17.5. The summed E-state index contributed by atoms with van der Waals surface area (Å²) in [4.78, 5) is 23.2. The molecule has 1 N–H and O–H groups in total. The number of rotatable bonds is 8. The standard InChI is InChI=1S/C22H34ClN5O2.HI/c1-24-22(26(2)16-17-30-20-8-6-19(23)7-9-20)25-10-11-27-12-14-28(15-13-27)21(29)18-4-3-5-18;/h6-9,18H,3-5,10-17H2,1-2H3,(H,24,25);1H. The van der Waals surface area contributed by atoms with Crippen LogP contribution in [0.15, 0.2) is 29.3 Å². The van der Waals surface area contributed by atoms with Gasteiger partial charge in [0.2, 0.25) is 5.91 Å². The third kappa shape index (κ3) is 7.98. The number of halogens is 2. The summed E-state index contributed by atoms with van der Waals surface area (Å²) in [7, 11) is 3.80. The number of nitrogens with zero attached hydrogens (tertiary/aromatic N) is 4. The molecule has 1 aromatic rings. The van der Waals surface area contributed by atoms with E-state index in [4.69, 9.17) is 16.3 Å². The van der Waals surface area contributed by atoms with Crippen molar-refractivity contribution in [1.82, 2.24) is 20.0 Å². The number of benzene rings is 1. The van der Waals surface area contributed by atoms with Gasteiger partial charge in [-0.2, -0.15) is 0 Å². The van der Waals surface area contributed by atoms with Crippen molar-refractivity contribution in [3.05, 3.63) is 29.3 Å². The maximum absolute atomic E-state index is 12.4. The maximum atomic E-state index is 12.4. The first kappa shape index (κ1) is 26.0. The summed E-state index contributed by atoms with van der Waals surface area (Å²) in [6.45, 7) is 6.66. The molecule has 0 aromatic heterocycles. The molecular weight excluding hydrogens is 529 g/mol. The number of carbonyl (C=O) groups excluding carboxylic acids is 1. The Hall–Kier alpha value is -1.26. The lowest BCUT2D eigenvalue weighted by Gasteiger charge is -2.38. The van der Waals surface area contributed by atoms with Crippen LogP contribution >= 0.6 is 35.6 Å². The van der Waals surface area contributed by atoms with Gasteiger partial charge in [-0.25, -0.2) is 0 Å². The van der Waals surface area contributed by atoms with Crippen molar-refractivity contribution < 1.29 is 9.53 Å². The van der Waals surface area contributed by atoms with Crippen LogP contribution in [0, 0.1) is 5.92 Å². The molecule has 0 atom stereocenters. The average Bonchev–Trinajstić information content (AvgIpc) is 2.71. The molecule has 7 nitrogen and oxygen atoms in total. The number of guanidine groups is 1. The van der Waals surface area contributed by atoms with Crippen molar-refractivity contribution >= 4 is 47.4 Å². The van der Waals surface area contributed by atoms with Gasteiger partial charge < -0.3 is 19.9 Å². The SMILES string of the molecule is CN=C(NCCN1CCN(C(=O)C2CCC2)CC1)N(C)CCOc1ccc(Cl)cc1.I. The third-order valence-corrected chi connectivity index (χ3v) is 6.18. The molecule has 2 aliphatic rings. The van der Waals surface area contributed by atoms with Crippen LogP contribution in [0.25, 0.3) is 0 Å². The minimum atomic E-state index is 0. The van der Waals surface area contributed by atoms with Crippen LogP contribution in [-0.4, -0.2) is 93.1 Å². The van der Waals surface area contributed by atoms with Gasteiger partial charge in [0.1, 0.15) is 12.4 Å². The van der Waals surface area contributed by atoms with Crippen molar-refractivity contribution in [2.24, 2.45) is 10.9 Å². The highest BCUT2D eigenvalue weighted by Gasteiger charge is 2.31. The Kier molecular flexibility index (Phi) is 11.2. The Morgan fingerprint density at radius 1 is 1.23 bits per heavy atom. The predicted octanol–water partition coefficient (Wildman–Crippen LogP) is 2.79. The summed E-state index contributed by atoms with van der Waals surface area (Å²) in [5.41, 5.74) is 0. The van der Waals surface area contributed by atoms with E-state index in [0.717, 1.165) is 70.4 Å². The summed E-state index contributed by atoms with van der Waals surface area (Å²) >= 11 is 5.89. The van der Waals surface area contributed by atoms with Crippen molar-refractivity contribution in [1.29, 1.82) is 0 Å². The van der Waals surface area contributed by atoms with E-state index >= 15 is 0 Å². The Balaban J connectivity index is 0.00000341. The molecule has 2 fully saturated rings. The summed E-state index contributed by atoms with van der Waals surface area (Å²) in [6.07, 6.45) is 3.38. The van der Waals surface area contributed by atoms with Crippen LogP contribution in [0.2, 0.25) is 5.02 Å². The van der Waals surface area contributed by atoms with Gasteiger partial charge in [0.05, 0.1) is 6.54 Å². The lowest BCUT2D eigenvalue weighted by atomic mass is 9.84.